The number of hydrogen-bond donors (Lipinski definition) is 4. The van der Waals surface area contributed by atoms with Crippen LogP contribution in [0.3, 0.4) is 0 Å². The van der Waals surface area contributed by atoms with E-state index in [9.17, 15) is 9.59 Å². The fourth-order valence-electron chi connectivity index (χ4n) is 2.05. The van der Waals surface area contributed by atoms with E-state index in [1.165, 1.54) is 0 Å². The van der Waals surface area contributed by atoms with Crippen molar-refractivity contribution in [2.75, 3.05) is 33.8 Å². The fourth-order valence-corrected chi connectivity index (χ4v) is 2.05. The number of rotatable bonds is 7. The SMILES string of the molecule is CN=C(NCCNC(=O)c1ccc(OC)cc1)NCC(=O)NC(C)(C)C. The Hall–Kier alpha value is -2.77. The number of guanidine groups is 1. The van der Waals surface area contributed by atoms with Crippen LogP contribution in [-0.2, 0) is 4.79 Å². The predicted octanol–water partition coefficient (Wildman–Crippen LogP) is 0.505. The average Bonchev–Trinajstić information content (AvgIpc) is 2.59. The Morgan fingerprint density at radius 2 is 1.65 bits per heavy atom. The number of aliphatic imine (C=N–C) groups is 1. The quantitative estimate of drug-likeness (QED) is 0.321. The maximum absolute atomic E-state index is 12.0. The molecule has 8 heteroatoms. The van der Waals surface area contributed by atoms with Crippen LogP contribution < -0.4 is 26.0 Å². The van der Waals surface area contributed by atoms with Gasteiger partial charge in [-0.15, -0.1) is 0 Å². The first-order valence-corrected chi connectivity index (χ1v) is 8.43. The number of nitrogens with one attached hydrogen (secondary N) is 4. The second-order valence-electron chi connectivity index (χ2n) is 6.64. The highest BCUT2D eigenvalue weighted by Crippen LogP contribution is 2.10. The van der Waals surface area contributed by atoms with Gasteiger partial charge < -0.3 is 26.0 Å². The number of amides is 2. The molecule has 8 nitrogen and oxygen atoms in total. The number of methoxy groups -OCH3 is 1. The summed E-state index contributed by atoms with van der Waals surface area (Å²) in [6.45, 7) is 6.77. The molecule has 2 amide bonds. The molecule has 0 radical (unpaired) electrons. The van der Waals surface area contributed by atoms with Gasteiger partial charge in [0.25, 0.3) is 5.91 Å². The van der Waals surface area contributed by atoms with Crippen molar-refractivity contribution >= 4 is 17.8 Å². The van der Waals surface area contributed by atoms with E-state index in [0.717, 1.165) is 0 Å². The van der Waals surface area contributed by atoms with Crippen LogP contribution >= 0.6 is 0 Å². The molecular weight excluding hydrogens is 334 g/mol. The van der Waals surface area contributed by atoms with Crippen LogP contribution in [0.15, 0.2) is 29.3 Å². The Balaban J connectivity index is 2.29. The summed E-state index contributed by atoms with van der Waals surface area (Å²) >= 11 is 0. The zero-order valence-electron chi connectivity index (χ0n) is 16.1. The molecule has 4 N–H and O–H groups in total. The summed E-state index contributed by atoms with van der Waals surface area (Å²) in [7, 11) is 3.20. The molecule has 0 aromatic heterocycles. The molecule has 26 heavy (non-hydrogen) atoms. The molecule has 0 bridgehead atoms. The van der Waals surface area contributed by atoms with E-state index >= 15 is 0 Å². The normalized spacial score (nSPS) is 11.5. The van der Waals surface area contributed by atoms with Gasteiger partial charge in [-0.25, -0.2) is 0 Å². The maximum Gasteiger partial charge on any atom is 0.251 e. The van der Waals surface area contributed by atoms with Gasteiger partial charge in [0.15, 0.2) is 5.96 Å². The van der Waals surface area contributed by atoms with Crippen LogP contribution in [0.1, 0.15) is 31.1 Å². The maximum atomic E-state index is 12.0. The second-order valence-corrected chi connectivity index (χ2v) is 6.64. The van der Waals surface area contributed by atoms with Crippen molar-refractivity contribution in [3.8, 4) is 5.75 Å². The Morgan fingerprint density at radius 3 is 2.19 bits per heavy atom. The molecule has 0 fully saturated rings. The summed E-state index contributed by atoms with van der Waals surface area (Å²) in [6.07, 6.45) is 0. The number of carbonyl (C=O) groups is 2. The van der Waals surface area contributed by atoms with Gasteiger partial charge in [-0.05, 0) is 45.0 Å². The van der Waals surface area contributed by atoms with Crippen molar-refractivity contribution in [1.82, 2.24) is 21.3 Å². The van der Waals surface area contributed by atoms with Crippen molar-refractivity contribution in [2.24, 2.45) is 4.99 Å². The molecule has 1 aromatic carbocycles. The standard InChI is InChI=1S/C18H29N5O3/c1-18(2,3)23-15(24)12-22-17(19-4)21-11-10-20-16(25)13-6-8-14(26-5)9-7-13/h6-9H,10-12H2,1-5H3,(H,20,25)(H,23,24)(H2,19,21,22). The number of benzene rings is 1. The number of carbonyl (C=O) groups excluding carboxylic acids is 2. The van der Waals surface area contributed by atoms with Crippen LogP contribution in [-0.4, -0.2) is 57.1 Å². The first-order valence-electron chi connectivity index (χ1n) is 8.43. The molecule has 144 valence electrons. The molecule has 0 aliphatic carbocycles. The summed E-state index contributed by atoms with van der Waals surface area (Å²) in [6, 6.07) is 6.88. The van der Waals surface area contributed by atoms with Crippen LogP contribution in [0.25, 0.3) is 0 Å². The van der Waals surface area contributed by atoms with Crippen molar-refractivity contribution in [1.29, 1.82) is 0 Å². The minimum absolute atomic E-state index is 0.117. The summed E-state index contributed by atoms with van der Waals surface area (Å²) in [5.41, 5.74) is 0.286. The summed E-state index contributed by atoms with van der Waals surface area (Å²) in [4.78, 5) is 27.8. The smallest absolute Gasteiger partial charge is 0.251 e. The van der Waals surface area contributed by atoms with Crippen molar-refractivity contribution in [3.63, 3.8) is 0 Å². The summed E-state index contributed by atoms with van der Waals surface area (Å²) in [5, 5.41) is 11.6. The minimum atomic E-state index is -0.276. The van der Waals surface area contributed by atoms with Crippen LogP contribution in [0.5, 0.6) is 5.75 Å². The van der Waals surface area contributed by atoms with Gasteiger partial charge in [-0.2, -0.15) is 0 Å². The van der Waals surface area contributed by atoms with E-state index in [1.807, 2.05) is 20.8 Å². The topological polar surface area (TPSA) is 104 Å². The van der Waals surface area contributed by atoms with Crippen molar-refractivity contribution in [2.45, 2.75) is 26.3 Å². The third kappa shape index (κ3) is 8.36. The molecule has 0 aliphatic heterocycles. The average molecular weight is 363 g/mol. The third-order valence-corrected chi connectivity index (χ3v) is 3.21. The summed E-state index contributed by atoms with van der Waals surface area (Å²) in [5.74, 6) is 0.913. The van der Waals surface area contributed by atoms with E-state index in [2.05, 4.69) is 26.3 Å². The van der Waals surface area contributed by atoms with Gasteiger partial charge in [-0.1, -0.05) is 0 Å². The van der Waals surface area contributed by atoms with E-state index in [-0.39, 0.29) is 23.9 Å². The van der Waals surface area contributed by atoms with Crippen molar-refractivity contribution < 1.29 is 14.3 Å². The lowest BCUT2D eigenvalue weighted by atomic mass is 10.1. The zero-order chi connectivity index (χ0) is 19.6. The zero-order valence-corrected chi connectivity index (χ0v) is 16.1. The summed E-state index contributed by atoms with van der Waals surface area (Å²) < 4.78 is 5.06. The first kappa shape index (κ1) is 21.3. The van der Waals surface area contributed by atoms with Crippen molar-refractivity contribution in [3.05, 3.63) is 29.8 Å². The van der Waals surface area contributed by atoms with Crippen LogP contribution in [0, 0.1) is 0 Å². The number of ether oxygens (including phenoxy) is 1. The van der Waals surface area contributed by atoms with Crippen LogP contribution in [0.2, 0.25) is 0 Å². The predicted molar refractivity (Wildman–Crippen MR) is 103 cm³/mol. The van der Waals surface area contributed by atoms with Gasteiger partial charge in [0, 0.05) is 31.2 Å². The molecule has 1 rings (SSSR count). The molecule has 0 saturated heterocycles. The lowest BCUT2D eigenvalue weighted by Crippen LogP contribution is -2.48. The van der Waals surface area contributed by atoms with E-state index < -0.39 is 0 Å². The monoisotopic (exact) mass is 363 g/mol. The third-order valence-electron chi connectivity index (χ3n) is 3.21. The lowest BCUT2D eigenvalue weighted by Gasteiger charge is -2.21. The van der Waals surface area contributed by atoms with Gasteiger partial charge in [0.1, 0.15) is 5.75 Å². The Labute approximate surface area is 154 Å². The molecule has 0 heterocycles. The molecular formula is C18H29N5O3. The van der Waals surface area contributed by atoms with Gasteiger partial charge in [0.2, 0.25) is 5.91 Å². The Kier molecular flexibility index (Phi) is 8.41. The largest absolute Gasteiger partial charge is 0.497 e. The second kappa shape index (κ2) is 10.3. The van der Waals surface area contributed by atoms with Crippen LogP contribution in [0.4, 0.5) is 0 Å². The molecule has 1 aromatic rings. The molecule has 0 spiro atoms. The van der Waals surface area contributed by atoms with Gasteiger partial charge in [-0.3, -0.25) is 14.6 Å². The van der Waals surface area contributed by atoms with E-state index in [0.29, 0.717) is 30.4 Å². The minimum Gasteiger partial charge on any atom is -0.497 e. The van der Waals surface area contributed by atoms with Gasteiger partial charge >= 0.3 is 0 Å². The molecule has 0 aliphatic rings. The van der Waals surface area contributed by atoms with E-state index in [1.54, 1.807) is 38.4 Å². The number of nitrogens with zero attached hydrogens (tertiary/aromatic N) is 1. The Morgan fingerprint density at radius 1 is 1.04 bits per heavy atom. The highest BCUT2D eigenvalue weighted by atomic mass is 16.5. The lowest BCUT2D eigenvalue weighted by molar-refractivity contribution is -0.121. The highest BCUT2D eigenvalue weighted by molar-refractivity contribution is 5.94. The molecule has 0 saturated carbocycles. The van der Waals surface area contributed by atoms with E-state index in [4.69, 9.17) is 4.74 Å². The molecule has 0 atom stereocenters. The molecule has 0 unspecified atom stereocenters. The number of hydrogen-bond acceptors (Lipinski definition) is 4. The Bertz CT molecular complexity index is 621. The fraction of sp³-hybridized carbons (Fsp3) is 0.500. The van der Waals surface area contributed by atoms with Gasteiger partial charge in [0.05, 0.1) is 13.7 Å². The highest BCUT2D eigenvalue weighted by Gasteiger charge is 2.13. The first-order chi connectivity index (χ1) is 12.2.